The number of ether oxygens (including phenoxy) is 1. The fraction of sp³-hybridized carbons (Fsp3) is 0.538. The highest BCUT2D eigenvalue weighted by molar-refractivity contribution is 6.24. The highest BCUT2D eigenvalue weighted by Gasteiger charge is 1.94. The Morgan fingerprint density at radius 3 is 2.29 bits per heavy atom. The first kappa shape index (κ1) is 14.1. The molecule has 0 saturated carbocycles. The van der Waals surface area contributed by atoms with Crippen LogP contribution >= 0.6 is 0 Å². The second-order valence-corrected chi connectivity index (χ2v) is 5.01. The van der Waals surface area contributed by atoms with Gasteiger partial charge in [-0.3, -0.25) is 0 Å². The maximum atomic E-state index is 5.61. The first-order valence-corrected chi connectivity index (χ1v) is 8.38. The summed E-state index contributed by atoms with van der Waals surface area (Å²) < 4.78 is 11.0. The summed E-state index contributed by atoms with van der Waals surface area (Å²) >= 11 is 0. The Balaban J connectivity index is 1.95. The fourth-order valence-corrected chi connectivity index (χ4v) is 2.05. The third-order valence-corrected chi connectivity index (χ3v) is 3.23. The monoisotopic (exact) mass is 253 g/mol. The number of hydrogen-bond acceptors (Lipinski definition) is 3. The predicted octanol–water partition coefficient (Wildman–Crippen LogP) is 2.36. The second-order valence-electron chi connectivity index (χ2n) is 4.03. The molecule has 1 aromatic carbocycles. The Kier molecular flexibility index (Phi) is 7.50. The number of nitrogen functional groups attached to an aromatic ring is 1. The fourth-order valence-electron chi connectivity index (χ4n) is 1.56. The highest BCUT2D eigenvalue weighted by atomic mass is 28.2. The summed E-state index contributed by atoms with van der Waals surface area (Å²) in [4.78, 5) is 0. The molecule has 0 bridgehead atoms. The molecule has 1 rings (SSSR count). The molecule has 0 aliphatic heterocycles. The van der Waals surface area contributed by atoms with Gasteiger partial charge in [-0.05, 0) is 43.5 Å². The van der Waals surface area contributed by atoms with Gasteiger partial charge in [0.25, 0.3) is 0 Å². The Morgan fingerprint density at radius 1 is 1.00 bits per heavy atom. The third-order valence-electron chi connectivity index (χ3n) is 2.54. The minimum Gasteiger partial charge on any atom is -0.494 e. The Morgan fingerprint density at radius 2 is 1.65 bits per heavy atom. The van der Waals surface area contributed by atoms with E-state index in [0.717, 1.165) is 31.1 Å². The molecule has 96 valence electrons. The van der Waals surface area contributed by atoms with Crippen LogP contribution in [0.15, 0.2) is 24.3 Å². The van der Waals surface area contributed by atoms with E-state index in [2.05, 4.69) is 6.55 Å². The zero-order valence-electron chi connectivity index (χ0n) is 10.7. The molecule has 0 heterocycles. The summed E-state index contributed by atoms with van der Waals surface area (Å²) in [6.07, 6.45) is 4.74. The van der Waals surface area contributed by atoms with Gasteiger partial charge in [0, 0.05) is 12.3 Å². The molecule has 0 aliphatic carbocycles. The number of nitrogens with two attached hydrogens (primary N) is 1. The zero-order valence-corrected chi connectivity index (χ0v) is 12.1. The van der Waals surface area contributed by atoms with Gasteiger partial charge in [-0.25, -0.2) is 0 Å². The number of unbranched alkanes of at least 4 members (excludes halogenated alkanes) is 3. The van der Waals surface area contributed by atoms with Crippen molar-refractivity contribution in [3.63, 3.8) is 0 Å². The van der Waals surface area contributed by atoms with Crippen LogP contribution in [0.2, 0.25) is 6.55 Å². The van der Waals surface area contributed by atoms with Gasteiger partial charge in [0.2, 0.25) is 0 Å². The van der Waals surface area contributed by atoms with Crippen molar-refractivity contribution in [1.82, 2.24) is 0 Å². The Hall–Kier alpha value is -1.00. The predicted molar refractivity (Wildman–Crippen MR) is 75.2 cm³/mol. The normalized spacial score (nSPS) is 11.1. The van der Waals surface area contributed by atoms with Gasteiger partial charge in [-0.15, -0.1) is 0 Å². The average molecular weight is 253 g/mol. The number of benzene rings is 1. The SMILES string of the molecule is C[SiH2]OCCCCCCOc1ccc(N)cc1. The first-order valence-electron chi connectivity index (χ1n) is 6.39. The van der Waals surface area contributed by atoms with Crippen LogP contribution in [-0.4, -0.2) is 23.0 Å². The molecule has 0 saturated heterocycles. The van der Waals surface area contributed by atoms with E-state index < -0.39 is 0 Å². The topological polar surface area (TPSA) is 44.5 Å². The summed E-state index contributed by atoms with van der Waals surface area (Å²) in [7, 11) is -0.203. The van der Waals surface area contributed by atoms with E-state index in [1.165, 1.54) is 19.3 Å². The van der Waals surface area contributed by atoms with Crippen molar-refractivity contribution >= 4 is 15.5 Å². The van der Waals surface area contributed by atoms with Crippen LogP contribution in [0, 0.1) is 0 Å². The quantitative estimate of drug-likeness (QED) is 0.417. The molecule has 2 N–H and O–H groups in total. The van der Waals surface area contributed by atoms with Crippen molar-refractivity contribution < 1.29 is 9.16 Å². The molecule has 0 amide bonds. The zero-order chi connectivity index (χ0) is 12.3. The maximum absolute atomic E-state index is 5.61. The molecule has 0 spiro atoms. The van der Waals surface area contributed by atoms with Gasteiger partial charge >= 0.3 is 0 Å². The van der Waals surface area contributed by atoms with Gasteiger partial charge in [0.15, 0.2) is 9.76 Å². The molecule has 1 aromatic rings. The van der Waals surface area contributed by atoms with E-state index >= 15 is 0 Å². The van der Waals surface area contributed by atoms with Gasteiger partial charge in [-0.1, -0.05) is 13.0 Å². The minimum absolute atomic E-state index is 0.203. The van der Waals surface area contributed by atoms with Crippen LogP contribution in [0.3, 0.4) is 0 Å². The van der Waals surface area contributed by atoms with Crippen molar-refractivity contribution in [2.24, 2.45) is 0 Å². The van der Waals surface area contributed by atoms with Crippen molar-refractivity contribution in [1.29, 1.82) is 0 Å². The smallest absolute Gasteiger partial charge is 0.158 e. The van der Waals surface area contributed by atoms with Crippen molar-refractivity contribution in [2.75, 3.05) is 18.9 Å². The van der Waals surface area contributed by atoms with Crippen LogP contribution < -0.4 is 10.5 Å². The second kappa shape index (κ2) is 9.07. The Bertz CT molecular complexity index is 290. The molecule has 4 heteroatoms. The number of hydrogen-bond donors (Lipinski definition) is 1. The van der Waals surface area contributed by atoms with Crippen molar-refractivity contribution in [3.8, 4) is 5.75 Å². The van der Waals surface area contributed by atoms with Gasteiger partial charge < -0.3 is 14.9 Å². The molecular formula is C13H23NO2Si. The standard InChI is InChI=1S/C13H23NO2Si/c1-17-16-11-5-3-2-4-10-15-13-8-6-12(14)7-9-13/h6-9H,2-5,10-11,14,17H2,1H3. The van der Waals surface area contributed by atoms with E-state index in [1.807, 2.05) is 24.3 Å². The molecule has 0 fully saturated rings. The number of anilines is 1. The lowest BCUT2D eigenvalue weighted by atomic mass is 10.2. The highest BCUT2D eigenvalue weighted by Crippen LogP contribution is 2.13. The molecule has 0 radical (unpaired) electrons. The lowest BCUT2D eigenvalue weighted by Crippen LogP contribution is -1.99. The van der Waals surface area contributed by atoms with Crippen LogP contribution in [-0.2, 0) is 4.43 Å². The van der Waals surface area contributed by atoms with E-state index in [9.17, 15) is 0 Å². The lowest BCUT2D eigenvalue weighted by Gasteiger charge is -2.06. The molecule has 0 aliphatic rings. The first-order chi connectivity index (χ1) is 8.33. The van der Waals surface area contributed by atoms with Crippen molar-refractivity contribution in [2.45, 2.75) is 32.2 Å². The largest absolute Gasteiger partial charge is 0.494 e. The molecule has 3 nitrogen and oxygen atoms in total. The summed E-state index contributed by atoms with van der Waals surface area (Å²) in [5.41, 5.74) is 6.37. The number of rotatable bonds is 9. The summed E-state index contributed by atoms with van der Waals surface area (Å²) in [6.45, 7) is 3.90. The van der Waals surface area contributed by atoms with E-state index in [-0.39, 0.29) is 9.76 Å². The summed E-state index contributed by atoms with van der Waals surface area (Å²) in [5, 5.41) is 0. The van der Waals surface area contributed by atoms with Gasteiger partial charge in [0.1, 0.15) is 5.75 Å². The Labute approximate surface area is 106 Å². The van der Waals surface area contributed by atoms with Crippen LogP contribution in [0.4, 0.5) is 5.69 Å². The molecule has 0 unspecified atom stereocenters. The van der Waals surface area contributed by atoms with E-state index in [0.29, 0.717) is 0 Å². The summed E-state index contributed by atoms with van der Waals surface area (Å²) in [6, 6.07) is 7.55. The van der Waals surface area contributed by atoms with Gasteiger partial charge in [-0.2, -0.15) is 0 Å². The van der Waals surface area contributed by atoms with E-state index in [4.69, 9.17) is 14.9 Å². The van der Waals surface area contributed by atoms with Crippen molar-refractivity contribution in [3.05, 3.63) is 24.3 Å². The van der Waals surface area contributed by atoms with E-state index in [1.54, 1.807) is 0 Å². The van der Waals surface area contributed by atoms with Crippen LogP contribution in [0.5, 0.6) is 5.75 Å². The molecular weight excluding hydrogens is 230 g/mol. The van der Waals surface area contributed by atoms with Crippen LogP contribution in [0.25, 0.3) is 0 Å². The molecule has 0 atom stereocenters. The molecule has 0 aromatic heterocycles. The molecule has 17 heavy (non-hydrogen) atoms. The maximum Gasteiger partial charge on any atom is 0.158 e. The average Bonchev–Trinajstić information content (AvgIpc) is 2.35. The van der Waals surface area contributed by atoms with Crippen LogP contribution in [0.1, 0.15) is 25.7 Å². The lowest BCUT2D eigenvalue weighted by molar-refractivity contribution is 0.294. The van der Waals surface area contributed by atoms with Gasteiger partial charge in [0.05, 0.1) is 6.61 Å². The minimum atomic E-state index is -0.203. The third kappa shape index (κ3) is 7.02. The summed E-state index contributed by atoms with van der Waals surface area (Å²) in [5.74, 6) is 0.902.